The maximum absolute atomic E-state index is 9.18. The molecule has 0 radical (unpaired) electrons. The summed E-state index contributed by atoms with van der Waals surface area (Å²) >= 11 is 5.75. The van der Waals surface area contributed by atoms with Crippen molar-refractivity contribution >= 4 is 11.6 Å². The second-order valence-corrected chi connectivity index (χ2v) is 3.22. The summed E-state index contributed by atoms with van der Waals surface area (Å²) in [7, 11) is 0. The van der Waals surface area contributed by atoms with Crippen molar-refractivity contribution in [1.29, 1.82) is 0 Å². The molecule has 0 saturated heterocycles. The molecular formula is C11H12ClNO. The van der Waals surface area contributed by atoms with E-state index in [1.807, 2.05) is 6.07 Å². The van der Waals surface area contributed by atoms with Gasteiger partial charge in [0, 0.05) is 6.54 Å². The molecule has 3 heteroatoms. The molecule has 2 nitrogen and oxygen atoms in total. The average molecular weight is 210 g/mol. The van der Waals surface area contributed by atoms with Gasteiger partial charge >= 0.3 is 0 Å². The highest BCUT2D eigenvalue weighted by Gasteiger charge is 1.98. The lowest BCUT2D eigenvalue weighted by atomic mass is 10.2. The van der Waals surface area contributed by atoms with Crippen LogP contribution in [0.4, 0.5) is 0 Å². The zero-order chi connectivity index (χ0) is 10.4. The Morgan fingerprint density at radius 2 is 2.29 bits per heavy atom. The van der Waals surface area contributed by atoms with Gasteiger partial charge in [-0.15, -0.1) is 5.92 Å². The molecular weight excluding hydrogens is 198 g/mol. The summed E-state index contributed by atoms with van der Waals surface area (Å²) in [6.45, 7) is 3.17. The Morgan fingerprint density at radius 1 is 1.50 bits per heavy atom. The second kappa shape index (κ2) is 5.54. The lowest BCUT2D eigenvalue weighted by Crippen LogP contribution is -2.12. The molecule has 0 heterocycles. The Bertz CT molecular complexity index is 365. The minimum Gasteiger partial charge on any atom is -0.506 e. The third kappa shape index (κ3) is 3.29. The molecule has 14 heavy (non-hydrogen) atoms. The number of halogens is 1. The average Bonchev–Trinajstić information content (AvgIpc) is 2.18. The number of rotatable bonds is 3. The number of aromatic hydroxyl groups is 1. The van der Waals surface area contributed by atoms with Gasteiger partial charge in [-0.1, -0.05) is 23.6 Å². The number of phenolic OH excluding ortho intramolecular Hbond substituents is 1. The highest BCUT2D eigenvalue weighted by atomic mass is 35.5. The molecule has 0 aromatic heterocycles. The summed E-state index contributed by atoms with van der Waals surface area (Å²) in [5.74, 6) is 5.81. The maximum atomic E-state index is 9.18. The molecule has 0 bridgehead atoms. The fourth-order valence-electron chi connectivity index (χ4n) is 1.02. The van der Waals surface area contributed by atoms with Crippen molar-refractivity contribution in [2.75, 3.05) is 6.54 Å². The molecule has 0 aliphatic rings. The van der Waals surface area contributed by atoms with Crippen molar-refractivity contribution in [3.8, 4) is 17.6 Å². The summed E-state index contributed by atoms with van der Waals surface area (Å²) in [6.07, 6.45) is 0. The first kappa shape index (κ1) is 10.9. The van der Waals surface area contributed by atoms with E-state index in [0.29, 0.717) is 18.1 Å². The van der Waals surface area contributed by atoms with Gasteiger partial charge in [-0.2, -0.15) is 0 Å². The zero-order valence-corrected chi connectivity index (χ0v) is 8.73. The van der Waals surface area contributed by atoms with E-state index in [4.69, 9.17) is 11.6 Å². The van der Waals surface area contributed by atoms with Crippen LogP contribution < -0.4 is 5.32 Å². The Balaban J connectivity index is 2.50. The van der Waals surface area contributed by atoms with Gasteiger partial charge in [0.15, 0.2) is 0 Å². The molecule has 0 aliphatic heterocycles. The molecule has 0 spiro atoms. The fraction of sp³-hybridized carbons (Fsp3) is 0.273. The predicted octanol–water partition coefficient (Wildman–Crippen LogP) is 2.16. The minimum atomic E-state index is 0.115. The molecule has 74 valence electrons. The second-order valence-electron chi connectivity index (χ2n) is 2.82. The Kier molecular flexibility index (Phi) is 4.31. The first-order valence-corrected chi connectivity index (χ1v) is 4.69. The summed E-state index contributed by atoms with van der Waals surface area (Å²) < 4.78 is 0. The molecule has 0 aliphatic carbocycles. The smallest absolute Gasteiger partial charge is 0.134 e. The monoisotopic (exact) mass is 209 g/mol. The van der Waals surface area contributed by atoms with Crippen molar-refractivity contribution < 1.29 is 5.11 Å². The maximum Gasteiger partial charge on any atom is 0.134 e. The summed E-state index contributed by atoms with van der Waals surface area (Å²) in [5.41, 5.74) is 1.03. The third-order valence-corrected chi connectivity index (χ3v) is 2.03. The van der Waals surface area contributed by atoms with E-state index in [1.165, 1.54) is 0 Å². The SMILES string of the molecule is CC#CCNCc1ccc(O)c(Cl)c1. The predicted molar refractivity (Wildman–Crippen MR) is 58.3 cm³/mol. The number of nitrogens with one attached hydrogen (secondary N) is 1. The molecule has 1 aromatic carbocycles. The van der Waals surface area contributed by atoms with Crippen LogP contribution in [0.15, 0.2) is 18.2 Å². The minimum absolute atomic E-state index is 0.115. The Morgan fingerprint density at radius 3 is 2.93 bits per heavy atom. The molecule has 0 fully saturated rings. The van der Waals surface area contributed by atoms with Gasteiger partial charge in [0.1, 0.15) is 5.75 Å². The summed E-state index contributed by atoms with van der Waals surface area (Å²) in [4.78, 5) is 0. The van der Waals surface area contributed by atoms with Crippen LogP contribution in [0.1, 0.15) is 12.5 Å². The van der Waals surface area contributed by atoms with Crippen LogP contribution in [-0.4, -0.2) is 11.7 Å². The highest BCUT2D eigenvalue weighted by molar-refractivity contribution is 6.32. The normalized spacial score (nSPS) is 9.29. The first-order valence-electron chi connectivity index (χ1n) is 4.31. The van der Waals surface area contributed by atoms with Crippen LogP contribution >= 0.6 is 11.6 Å². The lowest BCUT2D eigenvalue weighted by Gasteiger charge is -2.02. The van der Waals surface area contributed by atoms with Crippen LogP contribution in [0, 0.1) is 11.8 Å². The molecule has 1 rings (SSSR count). The molecule has 0 saturated carbocycles. The van der Waals surface area contributed by atoms with Crippen molar-refractivity contribution in [2.45, 2.75) is 13.5 Å². The van der Waals surface area contributed by atoms with Crippen LogP contribution in [0.25, 0.3) is 0 Å². The number of hydrogen-bond donors (Lipinski definition) is 2. The van der Waals surface area contributed by atoms with E-state index in [2.05, 4.69) is 17.2 Å². The van der Waals surface area contributed by atoms with E-state index >= 15 is 0 Å². The molecule has 0 unspecified atom stereocenters. The van der Waals surface area contributed by atoms with Gasteiger partial charge in [0.25, 0.3) is 0 Å². The number of phenols is 1. The Labute approximate surface area is 88.9 Å². The summed E-state index contributed by atoms with van der Waals surface area (Å²) in [6, 6.07) is 5.15. The van der Waals surface area contributed by atoms with Gasteiger partial charge in [-0.25, -0.2) is 0 Å². The van der Waals surface area contributed by atoms with Crippen LogP contribution in [0.5, 0.6) is 5.75 Å². The topological polar surface area (TPSA) is 32.3 Å². The molecule has 0 amide bonds. The fourth-order valence-corrected chi connectivity index (χ4v) is 1.22. The standard InChI is InChI=1S/C11H12ClNO/c1-2-3-6-13-8-9-4-5-11(14)10(12)7-9/h4-5,7,13-14H,6,8H2,1H3. The molecule has 2 N–H and O–H groups in total. The highest BCUT2D eigenvalue weighted by Crippen LogP contribution is 2.23. The van der Waals surface area contributed by atoms with Gasteiger partial charge in [0.2, 0.25) is 0 Å². The summed E-state index contributed by atoms with van der Waals surface area (Å²) in [5, 5.41) is 12.7. The molecule has 0 atom stereocenters. The molecule has 1 aromatic rings. The van der Waals surface area contributed by atoms with E-state index in [9.17, 15) is 5.11 Å². The van der Waals surface area contributed by atoms with Gasteiger partial charge in [0.05, 0.1) is 11.6 Å². The van der Waals surface area contributed by atoms with E-state index < -0.39 is 0 Å². The van der Waals surface area contributed by atoms with Crippen molar-refractivity contribution in [3.05, 3.63) is 28.8 Å². The van der Waals surface area contributed by atoms with Crippen molar-refractivity contribution in [1.82, 2.24) is 5.32 Å². The third-order valence-electron chi connectivity index (χ3n) is 1.73. The largest absolute Gasteiger partial charge is 0.506 e. The van der Waals surface area contributed by atoms with E-state index in [-0.39, 0.29) is 5.75 Å². The van der Waals surface area contributed by atoms with Crippen molar-refractivity contribution in [2.24, 2.45) is 0 Å². The van der Waals surface area contributed by atoms with Gasteiger partial charge in [-0.3, -0.25) is 0 Å². The van der Waals surface area contributed by atoms with Crippen LogP contribution in [-0.2, 0) is 6.54 Å². The van der Waals surface area contributed by atoms with Crippen LogP contribution in [0.2, 0.25) is 5.02 Å². The first-order chi connectivity index (χ1) is 6.74. The Hall–Kier alpha value is -1.17. The van der Waals surface area contributed by atoms with E-state index in [1.54, 1.807) is 19.1 Å². The van der Waals surface area contributed by atoms with Gasteiger partial charge < -0.3 is 10.4 Å². The van der Waals surface area contributed by atoms with Crippen LogP contribution in [0.3, 0.4) is 0 Å². The van der Waals surface area contributed by atoms with Crippen molar-refractivity contribution in [3.63, 3.8) is 0 Å². The quantitative estimate of drug-likeness (QED) is 0.591. The number of benzene rings is 1. The zero-order valence-electron chi connectivity index (χ0n) is 7.97. The lowest BCUT2D eigenvalue weighted by molar-refractivity contribution is 0.475. The number of hydrogen-bond acceptors (Lipinski definition) is 2. The van der Waals surface area contributed by atoms with E-state index in [0.717, 1.165) is 5.56 Å². The van der Waals surface area contributed by atoms with Gasteiger partial charge in [-0.05, 0) is 24.6 Å².